The molecule has 0 spiro atoms. The van der Waals surface area contributed by atoms with Crippen LogP contribution in [0.25, 0.3) is 0 Å². The number of nitrogens with zero attached hydrogens (tertiary/aromatic N) is 2. The van der Waals surface area contributed by atoms with Crippen LogP contribution in [0.1, 0.15) is 18.4 Å². The zero-order valence-corrected chi connectivity index (χ0v) is 18.2. The lowest BCUT2D eigenvalue weighted by atomic mass is 9.98. The summed E-state index contributed by atoms with van der Waals surface area (Å²) in [5.74, 6) is -1.83. The number of para-hydroxylation sites is 2. The molecule has 170 valence electrons. The Morgan fingerprint density at radius 1 is 1.12 bits per heavy atom. The molecule has 1 N–H and O–H groups in total. The molecule has 1 aliphatic heterocycles. The van der Waals surface area contributed by atoms with Crippen molar-refractivity contribution in [2.24, 2.45) is 5.92 Å². The van der Waals surface area contributed by atoms with Gasteiger partial charge in [0, 0.05) is 19.2 Å². The first kappa shape index (κ1) is 23.4. The predicted molar refractivity (Wildman–Crippen MR) is 115 cm³/mol. The number of sulfonamides is 1. The average Bonchev–Trinajstić information content (AvgIpc) is 2.78. The molecule has 1 fully saturated rings. The molecule has 0 saturated carbocycles. The van der Waals surface area contributed by atoms with Gasteiger partial charge in [0.2, 0.25) is 10.0 Å². The molecule has 0 aliphatic carbocycles. The zero-order chi connectivity index (χ0) is 23.3. The number of nitro benzene ring substituents is 1. The summed E-state index contributed by atoms with van der Waals surface area (Å²) in [7, 11) is -3.64. The van der Waals surface area contributed by atoms with Gasteiger partial charge in [-0.3, -0.25) is 19.7 Å². The van der Waals surface area contributed by atoms with Gasteiger partial charge >= 0.3 is 5.97 Å². The van der Waals surface area contributed by atoms with Gasteiger partial charge in [-0.1, -0.05) is 29.8 Å². The van der Waals surface area contributed by atoms with E-state index in [1.54, 1.807) is 24.3 Å². The first-order chi connectivity index (χ1) is 15.2. The van der Waals surface area contributed by atoms with Gasteiger partial charge in [-0.25, -0.2) is 8.42 Å². The van der Waals surface area contributed by atoms with Crippen molar-refractivity contribution in [2.75, 3.05) is 25.0 Å². The van der Waals surface area contributed by atoms with Gasteiger partial charge in [0.1, 0.15) is 5.69 Å². The monoisotopic (exact) mass is 461 g/mol. The van der Waals surface area contributed by atoms with E-state index in [2.05, 4.69) is 5.32 Å². The smallest absolute Gasteiger partial charge is 0.309 e. The number of aryl methyl sites for hydroxylation is 1. The lowest BCUT2D eigenvalue weighted by Crippen LogP contribution is -2.40. The molecule has 0 atom stereocenters. The minimum Gasteiger partial charge on any atom is -0.455 e. The molecule has 2 aromatic rings. The molecule has 2 aromatic carbocycles. The van der Waals surface area contributed by atoms with Crippen molar-refractivity contribution in [3.63, 3.8) is 0 Å². The van der Waals surface area contributed by atoms with E-state index in [1.165, 1.54) is 28.6 Å². The molecule has 32 heavy (non-hydrogen) atoms. The van der Waals surface area contributed by atoms with Crippen molar-refractivity contribution in [1.82, 2.24) is 4.31 Å². The molecule has 0 radical (unpaired) electrons. The third-order valence-electron chi connectivity index (χ3n) is 5.17. The van der Waals surface area contributed by atoms with Gasteiger partial charge in [0.05, 0.1) is 15.7 Å². The SMILES string of the molecule is Cc1ccc(S(=O)(=O)N2CCC(C(=O)OCC(=O)Nc3ccccc3[N+](=O)[O-])CC2)cc1. The Morgan fingerprint density at radius 3 is 2.38 bits per heavy atom. The highest BCUT2D eigenvalue weighted by Crippen LogP contribution is 2.25. The normalized spacial score (nSPS) is 15.2. The maximum Gasteiger partial charge on any atom is 0.309 e. The van der Waals surface area contributed by atoms with Crippen molar-refractivity contribution in [2.45, 2.75) is 24.7 Å². The highest BCUT2D eigenvalue weighted by Gasteiger charge is 2.33. The molecular formula is C21H23N3O7S. The molecule has 1 aliphatic rings. The number of esters is 1. The van der Waals surface area contributed by atoms with Gasteiger partial charge in [0.25, 0.3) is 11.6 Å². The quantitative estimate of drug-likeness (QED) is 0.380. The summed E-state index contributed by atoms with van der Waals surface area (Å²) in [5.41, 5.74) is 0.693. The van der Waals surface area contributed by atoms with Crippen LogP contribution in [-0.4, -0.2) is 49.2 Å². The Kier molecular flexibility index (Phi) is 7.21. The Morgan fingerprint density at radius 2 is 1.75 bits per heavy atom. The predicted octanol–water partition coefficient (Wildman–Crippen LogP) is 2.49. The summed E-state index contributed by atoms with van der Waals surface area (Å²) < 4.78 is 31.9. The minimum absolute atomic E-state index is 0.00756. The molecule has 1 saturated heterocycles. The van der Waals surface area contributed by atoms with Crippen molar-refractivity contribution in [3.05, 3.63) is 64.2 Å². The number of benzene rings is 2. The third-order valence-corrected chi connectivity index (χ3v) is 7.08. The Hall–Kier alpha value is -3.31. The van der Waals surface area contributed by atoms with Crippen LogP contribution in [0, 0.1) is 23.0 Å². The number of amides is 1. The second kappa shape index (κ2) is 9.88. The van der Waals surface area contributed by atoms with Crippen LogP contribution < -0.4 is 5.32 Å². The van der Waals surface area contributed by atoms with Crippen LogP contribution in [0.5, 0.6) is 0 Å². The number of hydrogen-bond acceptors (Lipinski definition) is 7. The second-order valence-electron chi connectivity index (χ2n) is 7.42. The first-order valence-electron chi connectivity index (χ1n) is 9.95. The van der Waals surface area contributed by atoms with Crippen LogP contribution in [0.4, 0.5) is 11.4 Å². The van der Waals surface area contributed by atoms with Crippen LogP contribution in [-0.2, 0) is 24.3 Å². The van der Waals surface area contributed by atoms with Gasteiger partial charge in [0.15, 0.2) is 6.61 Å². The van der Waals surface area contributed by atoms with E-state index >= 15 is 0 Å². The van der Waals surface area contributed by atoms with E-state index in [-0.39, 0.29) is 42.2 Å². The summed E-state index contributed by atoms with van der Waals surface area (Å²) in [6, 6.07) is 12.2. The molecule has 1 amide bonds. The van der Waals surface area contributed by atoms with E-state index < -0.39 is 39.3 Å². The largest absolute Gasteiger partial charge is 0.455 e. The van der Waals surface area contributed by atoms with E-state index in [9.17, 15) is 28.1 Å². The van der Waals surface area contributed by atoms with E-state index in [0.717, 1.165) is 5.56 Å². The number of anilines is 1. The van der Waals surface area contributed by atoms with Crippen molar-refractivity contribution >= 4 is 33.3 Å². The molecule has 0 bridgehead atoms. The van der Waals surface area contributed by atoms with E-state index in [4.69, 9.17) is 4.74 Å². The highest BCUT2D eigenvalue weighted by atomic mass is 32.2. The number of carbonyl (C=O) groups is 2. The number of carbonyl (C=O) groups excluding carboxylic acids is 2. The van der Waals surface area contributed by atoms with Crippen molar-refractivity contribution < 1.29 is 27.7 Å². The molecule has 11 heteroatoms. The summed E-state index contributed by atoms with van der Waals surface area (Å²) >= 11 is 0. The Labute approximate surface area is 185 Å². The Bertz CT molecular complexity index is 1110. The number of piperidine rings is 1. The van der Waals surface area contributed by atoms with Crippen LogP contribution in [0.3, 0.4) is 0 Å². The first-order valence-corrected chi connectivity index (χ1v) is 11.4. The standard InChI is InChI=1S/C21H23N3O7S/c1-15-6-8-17(9-7-15)32(29,30)23-12-10-16(11-13-23)21(26)31-14-20(25)22-18-4-2-3-5-19(18)24(27)28/h2-9,16H,10-14H2,1H3,(H,22,25). The molecule has 1 heterocycles. The summed E-state index contributed by atoms with van der Waals surface area (Å²) in [5, 5.41) is 13.4. The summed E-state index contributed by atoms with van der Waals surface area (Å²) in [6.07, 6.45) is 0.547. The number of ether oxygens (including phenoxy) is 1. The van der Waals surface area contributed by atoms with Crippen LogP contribution in [0.15, 0.2) is 53.4 Å². The molecule has 0 aromatic heterocycles. The molecule has 10 nitrogen and oxygen atoms in total. The zero-order valence-electron chi connectivity index (χ0n) is 17.4. The Balaban J connectivity index is 1.50. The second-order valence-corrected chi connectivity index (χ2v) is 9.36. The van der Waals surface area contributed by atoms with E-state index in [0.29, 0.717) is 0 Å². The summed E-state index contributed by atoms with van der Waals surface area (Å²) in [4.78, 5) is 34.9. The highest BCUT2D eigenvalue weighted by molar-refractivity contribution is 7.89. The van der Waals surface area contributed by atoms with E-state index in [1.807, 2.05) is 6.92 Å². The van der Waals surface area contributed by atoms with Gasteiger partial charge in [-0.2, -0.15) is 4.31 Å². The number of nitrogens with one attached hydrogen (secondary N) is 1. The van der Waals surface area contributed by atoms with Gasteiger partial charge in [-0.05, 0) is 38.0 Å². The van der Waals surface area contributed by atoms with Gasteiger partial charge < -0.3 is 10.1 Å². The topological polar surface area (TPSA) is 136 Å². The fraction of sp³-hybridized carbons (Fsp3) is 0.333. The molecular weight excluding hydrogens is 438 g/mol. The fourth-order valence-corrected chi connectivity index (χ4v) is 4.84. The maximum absolute atomic E-state index is 12.7. The van der Waals surface area contributed by atoms with Crippen LogP contribution in [0.2, 0.25) is 0 Å². The number of nitro groups is 1. The average molecular weight is 461 g/mol. The number of hydrogen-bond donors (Lipinski definition) is 1. The minimum atomic E-state index is -3.64. The molecule has 3 rings (SSSR count). The van der Waals surface area contributed by atoms with Crippen molar-refractivity contribution in [1.29, 1.82) is 0 Å². The fourth-order valence-electron chi connectivity index (χ4n) is 3.37. The lowest BCUT2D eigenvalue weighted by molar-refractivity contribution is -0.383. The van der Waals surface area contributed by atoms with Crippen molar-refractivity contribution in [3.8, 4) is 0 Å². The van der Waals surface area contributed by atoms with Gasteiger partial charge in [-0.15, -0.1) is 0 Å². The van der Waals surface area contributed by atoms with Crippen LogP contribution >= 0.6 is 0 Å². The summed E-state index contributed by atoms with van der Waals surface area (Å²) in [6.45, 7) is 1.61. The maximum atomic E-state index is 12.7. The molecule has 0 unspecified atom stereocenters. The number of rotatable bonds is 7. The lowest BCUT2D eigenvalue weighted by Gasteiger charge is -2.30. The third kappa shape index (κ3) is 5.48.